The van der Waals surface area contributed by atoms with Crippen molar-refractivity contribution in [2.24, 2.45) is 0 Å². The van der Waals surface area contributed by atoms with Gasteiger partial charge in [0.25, 0.3) is 5.69 Å². The second-order valence-corrected chi connectivity index (χ2v) is 3.99. The highest BCUT2D eigenvalue weighted by atomic mass is 79.9. The van der Waals surface area contributed by atoms with E-state index in [0.29, 0.717) is 5.52 Å². The predicted molar refractivity (Wildman–Crippen MR) is 57.4 cm³/mol. The van der Waals surface area contributed by atoms with Gasteiger partial charge in [-0.05, 0) is 18.6 Å². The van der Waals surface area contributed by atoms with Gasteiger partial charge in [-0.15, -0.1) is 0 Å². The molecular formula is C9H7BrN2O2. The zero-order valence-electron chi connectivity index (χ0n) is 7.37. The summed E-state index contributed by atoms with van der Waals surface area (Å²) >= 11 is 3.25. The fourth-order valence-electron chi connectivity index (χ4n) is 1.46. The van der Waals surface area contributed by atoms with Crippen molar-refractivity contribution in [1.82, 2.24) is 4.98 Å². The number of nitro benzene ring substituents is 1. The number of benzene rings is 1. The lowest BCUT2D eigenvalue weighted by molar-refractivity contribution is -0.383. The topological polar surface area (TPSA) is 58.9 Å². The van der Waals surface area contributed by atoms with E-state index < -0.39 is 0 Å². The lowest BCUT2D eigenvalue weighted by atomic mass is 10.2. The van der Waals surface area contributed by atoms with Gasteiger partial charge >= 0.3 is 0 Å². The molecule has 0 saturated carbocycles. The number of aromatic amines is 1. The van der Waals surface area contributed by atoms with E-state index >= 15 is 0 Å². The lowest BCUT2D eigenvalue weighted by Crippen LogP contribution is -1.89. The number of rotatable bonds is 1. The van der Waals surface area contributed by atoms with Crippen LogP contribution < -0.4 is 0 Å². The van der Waals surface area contributed by atoms with Crippen molar-refractivity contribution in [3.8, 4) is 0 Å². The largest absolute Gasteiger partial charge is 0.355 e. The Morgan fingerprint density at radius 3 is 2.86 bits per heavy atom. The third-order valence-electron chi connectivity index (χ3n) is 2.14. The summed E-state index contributed by atoms with van der Waals surface area (Å²) in [5, 5.41) is 11.6. The minimum absolute atomic E-state index is 0.0995. The first-order valence-electron chi connectivity index (χ1n) is 4.01. The summed E-state index contributed by atoms with van der Waals surface area (Å²) in [7, 11) is 0. The highest BCUT2D eigenvalue weighted by molar-refractivity contribution is 9.10. The predicted octanol–water partition coefficient (Wildman–Crippen LogP) is 3.15. The van der Waals surface area contributed by atoms with E-state index in [0.717, 1.165) is 15.4 Å². The van der Waals surface area contributed by atoms with Crippen LogP contribution in [0.3, 0.4) is 0 Å². The Morgan fingerprint density at radius 1 is 1.50 bits per heavy atom. The molecule has 0 aliphatic carbocycles. The number of H-pyrrole nitrogens is 1. The van der Waals surface area contributed by atoms with Crippen LogP contribution in [0.4, 0.5) is 5.69 Å². The third-order valence-corrected chi connectivity index (χ3v) is 2.59. The van der Waals surface area contributed by atoms with Gasteiger partial charge in [0.05, 0.1) is 4.92 Å². The van der Waals surface area contributed by atoms with Crippen LogP contribution in [0.15, 0.2) is 22.8 Å². The van der Waals surface area contributed by atoms with Crippen LogP contribution in [0.2, 0.25) is 0 Å². The monoisotopic (exact) mass is 254 g/mol. The van der Waals surface area contributed by atoms with E-state index in [1.54, 1.807) is 6.20 Å². The number of fused-ring (bicyclic) bond motifs is 1. The highest BCUT2D eigenvalue weighted by Gasteiger charge is 2.15. The molecule has 0 radical (unpaired) electrons. The van der Waals surface area contributed by atoms with Crippen LogP contribution in [-0.2, 0) is 0 Å². The van der Waals surface area contributed by atoms with E-state index in [1.165, 1.54) is 6.07 Å². The normalized spacial score (nSPS) is 10.7. The molecule has 0 fully saturated rings. The summed E-state index contributed by atoms with van der Waals surface area (Å²) in [6, 6.07) is 3.37. The Kier molecular flexibility index (Phi) is 2.03. The number of halogens is 1. The number of non-ortho nitro benzene ring substituents is 1. The van der Waals surface area contributed by atoms with Gasteiger partial charge in [-0.25, -0.2) is 0 Å². The first-order chi connectivity index (χ1) is 6.59. The summed E-state index contributed by atoms with van der Waals surface area (Å²) in [6.07, 6.45) is 1.77. The smallest absolute Gasteiger partial charge is 0.294 e. The van der Waals surface area contributed by atoms with Gasteiger partial charge in [0, 0.05) is 22.1 Å². The average Bonchev–Trinajstić information content (AvgIpc) is 2.47. The summed E-state index contributed by atoms with van der Waals surface area (Å²) in [5.41, 5.74) is 1.68. The van der Waals surface area contributed by atoms with Crippen molar-refractivity contribution >= 4 is 32.5 Å². The minimum atomic E-state index is -0.386. The Bertz CT molecular complexity index is 519. The van der Waals surface area contributed by atoms with E-state index in [1.807, 2.05) is 13.0 Å². The minimum Gasteiger partial charge on any atom is -0.355 e. The standard InChI is InChI=1S/C9H7BrN2O2/c1-5-4-11-9-7(5)2-6(10)3-8(9)12(13)14/h2-4,11H,1H3. The number of aryl methyl sites for hydroxylation is 1. The molecule has 0 bridgehead atoms. The number of hydrogen-bond acceptors (Lipinski definition) is 2. The molecule has 1 aromatic carbocycles. The van der Waals surface area contributed by atoms with Crippen molar-refractivity contribution in [3.05, 3.63) is 38.5 Å². The van der Waals surface area contributed by atoms with Crippen molar-refractivity contribution in [2.45, 2.75) is 6.92 Å². The molecule has 0 atom stereocenters. The van der Waals surface area contributed by atoms with Gasteiger partial charge in [-0.2, -0.15) is 0 Å². The first-order valence-corrected chi connectivity index (χ1v) is 4.80. The molecule has 2 rings (SSSR count). The molecule has 1 N–H and O–H groups in total. The Labute approximate surface area is 88.2 Å². The zero-order valence-corrected chi connectivity index (χ0v) is 8.96. The number of nitrogens with one attached hydrogen (secondary N) is 1. The van der Waals surface area contributed by atoms with E-state index in [4.69, 9.17) is 0 Å². The molecule has 72 valence electrons. The maximum Gasteiger partial charge on any atom is 0.294 e. The second-order valence-electron chi connectivity index (χ2n) is 3.08. The van der Waals surface area contributed by atoms with Crippen LogP contribution in [-0.4, -0.2) is 9.91 Å². The van der Waals surface area contributed by atoms with Crippen molar-refractivity contribution < 1.29 is 4.92 Å². The zero-order chi connectivity index (χ0) is 10.3. The molecule has 0 unspecified atom stereocenters. The Hall–Kier alpha value is -1.36. The van der Waals surface area contributed by atoms with Gasteiger partial charge in [0.2, 0.25) is 0 Å². The van der Waals surface area contributed by atoms with E-state index in [2.05, 4.69) is 20.9 Å². The Balaban J connectivity index is 2.88. The molecule has 4 nitrogen and oxygen atoms in total. The quantitative estimate of drug-likeness (QED) is 0.628. The lowest BCUT2D eigenvalue weighted by Gasteiger charge is -1.96. The SMILES string of the molecule is Cc1c[nH]c2c([N+](=O)[O-])cc(Br)cc12. The first kappa shape index (κ1) is 9.21. The number of nitrogens with zero attached hydrogens (tertiary/aromatic N) is 1. The molecule has 1 heterocycles. The van der Waals surface area contributed by atoms with E-state index in [9.17, 15) is 10.1 Å². The Morgan fingerprint density at radius 2 is 2.21 bits per heavy atom. The third kappa shape index (κ3) is 1.29. The fourth-order valence-corrected chi connectivity index (χ4v) is 1.90. The molecule has 0 saturated heterocycles. The molecular weight excluding hydrogens is 248 g/mol. The molecule has 1 aromatic heterocycles. The summed E-state index contributed by atoms with van der Waals surface area (Å²) in [5.74, 6) is 0. The number of nitro groups is 1. The van der Waals surface area contributed by atoms with Gasteiger partial charge in [-0.3, -0.25) is 10.1 Å². The van der Waals surface area contributed by atoms with Gasteiger partial charge in [0.15, 0.2) is 0 Å². The summed E-state index contributed by atoms with van der Waals surface area (Å²) in [4.78, 5) is 13.3. The van der Waals surface area contributed by atoms with Gasteiger partial charge in [0.1, 0.15) is 5.52 Å². The van der Waals surface area contributed by atoms with Crippen molar-refractivity contribution in [2.75, 3.05) is 0 Å². The molecule has 5 heteroatoms. The van der Waals surface area contributed by atoms with Crippen LogP contribution in [0.25, 0.3) is 10.9 Å². The molecule has 0 amide bonds. The van der Waals surface area contributed by atoms with Crippen molar-refractivity contribution in [3.63, 3.8) is 0 Å². The van der Waals surface area contributed by atoms with Gasteiger partial charge < -0.3 is 4.98 Å². The maximum absolute atomic E-state index is 10.7. The number of hydrogen-bond donors (Lipinski definition) is 1. The molecule has 2 aromatic rings. The van der Waals surface area contributed by atoms with Crippen LogP contribution in [0.5, 0.6) is 0 Å². The van der Waals surface area contributed by atoms with Crippen LogP contribution in [0.1, 0.15) is 5.56 Å². The summed E-state index contributed by atoms with van der Waals surface area (Å²) in [6.45, 7) is 1.91. The van der Waals surface area contributed by atoms with E-state index in [-0.39, 0.29) is 10.6 Å². The number of aromatic nitrogens is 1. The second kappa shape index (κ2) is 3.09. The molecule has 0 spiro atoms. The highest BCUT2D eigenvalue weighted by Crippen LogP contribution is 2.30. The van der Waals surface area contributed by atoms with Crippen LogP contribution >= 0.6 is 15.9 Å². The molecule has 0 aliphatic heterocycles. The fraction of sp³-hybridized carbons (Fsp3) is 0.111. The summed E-state index contributed by atoms with van der Waals surface area (Å²) < 4.78 is 0.722. The maximum atomic E-state index is 10.7. The van der Waals surface area contributed by atoms with Crippen LogP contribution in [0, 0.1) is 17.0 Å². The van der Waals surface area contributed by atoms with Gasteiger partial charge in [-0.1, -0.05) is 15.9 Å². The van der Waals surface area contributed by atoms with Crippen molar-refractivity contribution in [1.29, 1.82) is 0 Å². The molecule has 14 heavy (non-hydrogen) atoms. The average molecular weight is 255 g/mol. The molecule has 0 aliphatic rings.